The van der Waals surface area contributed by atoms with Gasteiger partial charge >= 0.3 is 0 Å². The van der Waals surface area contributed by atoms with Crippen molar-refractivity contribution in [2.75, 3.05) is 20.2 Å². The molecule has 2 fully saturated rings. The summed E-state index contributed by atoms with van der Waals surface area (Å²) in [7, 11) is 1.77. The predicted octanol–water partition coefficient (Wildman–Crippen LogP) is 5.53. The molecule has 35 heavy (non-hydrogen) atoms. The number of carbonyl (C=O) groups excluding carboxylic acids is 1. The van der Waals surface area contributed by atoms with Crippen molar-refractivity contribution in [3.8, 4) is 16.9 Å². The second-order valence-corrected chi connectivity index (χ2v) is 11.0. The first kappa shape index (κ1) is 24.3. The molecule has 2 aliphatic carbocycles. The number of carbonyl (C=O) groups is 1. The van der Waals surface area contributed by atoms with Crippen LogP contribution in [0.2, 0.25) is 0 Å². The molecule has 5 rings (SSSR count). The molecule has 1 aliphatic heterocycles. The van der Waals surface area contributed by atoms with Crippen molar-refractivity contribution < 1.29 is 14.3 Å². The van der Waals surface area contributed by atoms with E-state index in [1.807, 2.05) is 0 Å². The zero-order valence-electron chi connectivity index (χ0n) is 21.4. The van der Waals surface area contributed by atoms with Crippen molar-refractivity contribution in [3.63, 3.8) is 0 Å². The van der Waals surface area contributed by atoms with Gasteiger partial charge in [0.25, 0.3) is 0 Å². The van der Waals surface area contributed by atoms with Crippen LogP contribution in [0.4, 0.5) is 0 Å². The van der Waals surface area contributed by atoms with Crippen molar-refractivity contribution in [2.24, 2.45) is 5.92 Å². The van der Waals surface area contributed by atoms with Crippen molar-refractivity contribution in [3.05, 3.63) is 53.6 Å². The number of hydrogen-bond acceptors (Lipinski definition) is 4. The number of methoxy groups -OCH3 is 1. The van der Waals surface area contributed by atoms with Crippen LogP contribution in [0.1, 0.15) is 76.0 Å². The number of hydrogen-bond donors (Lipinski definition) is 2. The van der Waals surface area contributed by atoms with Crippen molar-refractivity contribution in [1.82, 2.24) is 10.6 Å². The molecule has 0 bridgehead atoms. The van der Waals surface area contributed by atoms with E-state index in [1.165, 1.54) is 22.3 Å². The minimum absolute atomic E-state index is 0.0541. The Morgan fingerprint density at radius 2 is 1.86 bits per heavy atom. The number of nitrogens with one attached hydrogen (secondary N) is 2. The third-order valence-electron chi connectivity index (χ3n) is 8.34. The quantitative estimate of drug-likeness (QED) is 0.576. The highest BCUT2D eigenvalue weighted by molar-refractivity contribution is 5.80. The topological polar surface area (TPSA) is 59.6 Å². The summed E-state index contributed by atoms with van der Waals surface area (Å²) in [6, 6.07) is 15.3. The molecule has 1 spiro atoms. The monoisotopic (exact) mass is 476 g/mol. The summed E-state index contributed by atoms with van der Waals surface area (Å²) < 4.78 is 11.5. The van der Waals surface area contributed by atoms with E-state index in [0.717, 1.165) is 63.8 Å². The van der Waals surface area contributed by atoms with Crippen LogP contribution in [0.15, 0.2) is 42.5 Å². The van der Waals surface area contributed by atoms with Gasteiger partial charge in [0.1, 0.15) is 5.75 Å². The van der Waals surface area contributed by atoms with Gasteiger partial charge in [-0.1, -0.05) is 36.8 Å². The van der Waals surface area contributed by atoms with Crippen molar-refractivity contribution in [2.45, 2.75) is 82.5 Å². The van der Waals surface area contributed by atoms with Crippen molar-refractivity contribution in [1.29, 1.82) is 0 Å². The molecule has 0 unspecified atom stereocenters. The first-order chi connectivity index (χ1) is 17.0. The lowest BCUT2D eigenvalue weighted by molar-refractivity contribution is -0.128. The Labute approximate surface area is 210 Å². The van der Waals surface area contributed by atoms with Gasteiger partial charge in [-0.15, -0.1) is 0 Å². The number of ether oxygens (including phenoxy) is 2. The first-order valence-corrected chi connectivity index (χ1v) is 13.4. The lowest BCUT2D eigenvalue weighted by Gasteiger charge is -2.36. The number of benzene rings is 2. The fourth-order valence-electron chi connectivity index (χ4n) is 6.66. The van der Waals surface area contributed by atoms with Crippen LogP contribution >= 0.6 is 0 Å². The number of amides is 1. The van der Waals surface area contributed by atoms with Gasteiger partial charge in [0.15, 0.2) is 0 Å². The Morgan fingerprint density at radius 3 is 2.57 bits per heavy atom. The van der Waals surface area contributed by atoms with Gasteiger partial charge < -0.3 is 20.1 Å². The highest BCUT2D eigenvalue weighted by Crippen LogP contribution is 2.53. The molecule has 5 heteroatoms. The summed E-state index contributed by atoms with van der Waals surface area (Å²) in [5.74, 6) is 1.16. The third-order valence-corrected chi connectivity index (χ3v) is 8.34. The summed E-state index contributed by atoms with van der Waals surface area (Å²) in [6.45, 7) is 6.15. The fraction of sp³-hybridized carbons (Fsp3) is 0.567. The smallest absolute Gasteiger partial charge is 0.223 e. The summed E-state index contributed by atoms with van der Waals surface area (Å²) in [5.41, 5.74) is 5.37. The molecular formula is C30H40N2O3. The minimum atomic E-state index is 0.0541. The van der Waals surface area contributed by atoms with Crippen LogP contribution in [0.25, 0.3) is 11.1 Å². The number of piperidine rings is 1. The van der Waals surface area contributed by atoms with Crippen LogP contribution < -0.4 is 15.4 Å². The van der Waals surface area contributed by atoms with Crippen LogP contribution in [0, 0.1) is 5.92 Å². The van der Waals surface area contributed by atoms with Gasteiger partial charge in [0.05, 0.1) is 18.2 Å². The molecule has 3 atom stereocenters. The Balaban J connectivity index is 1.45. The normalized spacial score (nSPS) is 25.4. The van der Waals surface area contributed by atoms with Crippen LogP contribution in [-0.4, -0.2) is 38.3 Å². The first-order valence-electron chi connectivity index (χ1n) is 13.4. The molecule has 0 radical (unpaired) electrons. The highest BCUT2D eigenvalue weighted by atomic mass is 16.5. The molecule has 5 nitrogen and oxygen atoms in total. The third kappa shape index (κ3) is 4.99. The Morgan fingerprint density at radius 1 is 1.09 bits per heavy atom. The molecule has 1 saturated heterocycles. The van der Waals surface area contributed by atoms with E-state index >= 15 is 0 Å². The number of rotatable bonds is 6. The summed E-state index contributed by atoms with van der Waals surface area (Å²) in [5, 5.41) is 7.05. The molecule has 1 amide bonds. The molecule has 2 aromatic rings. The molecule has 0 aromatic heterocycles. The molecule has 188 valence electrons. The average molecular weight is 477 g/mol. The maximum Gasteiger partial charge on any atom is 0.223 e. The summed E-state index contributed by atoms with van der Waals surface area (Å²) in [4.78, 5) is 13.4. The van der Waals surface area contributed by atoms with Gasteiger partial charge in [0.2, 0.25) is 5.91 Å². The predicted molar refractivity (Wildman–Crippen MR) is 140 cm³/mol. The van der Waals surface area contributed by atoms with E-state index in [2.05, 4.69) is 66.9 Å². The van der Waals surface area contributed by atoms with E-state index in [9.17, 15) is 4.79 Å². The van der Waals surface area contributed by atoms with E-state index in [-0.39, 0.29) is 35.5 Å². The second-order valence-electron chi connectivity index (χ2n) is 11.0. The van der Waals surface area contributed by atoms with E-state index in [0.29, 0.717) is 0 Å². The second kappa shape index (κ2) is 10.3. The maximum absolute atomic E-state index is 13.4. The zero-order valence-corrected chi connectivity index (χ0v) is 21.4. The molecule has 2 N–H and O–H groups in total. The fourth-order valence-corrected chi connectivity index (χ4v) is 6.66. The van der Waals surface area contributed by atoms with Crippen LogP contribution in [-0.2, 0) is 14.9 Å². The molecule has 3 aliphatic rings. The standard InChI is InChI=1S/C30H40N2O3/c1-20(2)35-23-12-10-21(11-13-23)25-8-5-9-26-27(19-30(28(25)26)14-16-31-17-15-30)32-29(33)22-6-4-7-24(18-22)34-3/h5,8-13,20,22,24,27,31H,4,6-7,14-19H2,1-3H3,(H,32,33)/t22-,24-,27+/m1/s1. The van der Waals surface area contributed by atoms with Gasteiger partial charge in [-0.05, 0) is 99.8 Å². The molecule has 1 saturated carbocycles. The van der Waals surface area contributed by atoms with Crippen molar-refractivity contribution >= 4 is 5.91 Å². The molecule has 2 aromatic carbocycles. The van der Waals surface area contributed by atoms with E-state index in [1.54, 1.807) is 7.11 Å². The lowest BCUT2D eigenvalue weighted by Crippen LogP contribution is -2.40. The zero-order chi connectivity index (χ0) is 24.4. The Bertz CT molecular complexity index is 1030. The van der Waals surface area contributed by atoms with Gasteiger partial charge in [-0.2, -0.15) is 0 Å². The van der Waals surface area contributed by atoms with Gasteiger partial charge in [0, 0.05) is 18.4 Å². The average Bonchev–Trinajstić information content (AvgIpc) is 3.17. The lowest BCUT2D eigenvalue weighted by atomic mass is 9.72. The molecule has 1 heterocycles. The maximum atomic E-state index is 13.4. The van der Waals surface area contributed by atoms with Gasteiger partial charge in [-0.3, -0.25) is 4.79 Å². The van der Waals surface area contributed by atoms with E-state index < -0.39 is 0 Å². The molecular weight excluding hydrogens is 436 g/mol. The Kier molecular flexibility index (Phi) is 7.17. The minimum Gasteiger partial charge on any atom is -0.491 e. The van der Waals surface area contributed by atoms with Gasteiger partial charge in [-0.25, -0.2) is 0 Å². The SMILES string of the molecule is CO[C@@H]1CCC[C@@H](C(=O)N[C@H]2CC3(CCNCC3)c3c(-c4ccc(OC(C)C)cc4)cccc32)C1. The summed E-state index contributed by atoms with van der Waals surface area (Å²) in [6.07, 6.45) is 7.49. The Hall–Kier alpha value is -2.37. The van der Waals surface area contributed by atoms with E-state index in [4.69, 9.17) is 9.47 Å². The number of fused-ring (bicyclic) bond motifs is 2. The summed E-state index contributed by atoms with van der Waals surface area (Å²) >= 11 is 0. The van der Waals surface area contributed by atoms with Crippen LogP contribution in [0.3, 0.4) is 0 Å². The largest absolute Gasteiger partial charge is 0.491 e. The van der Waals surface area contributed by atoms with Crippen LogP contribution in [0.5, 0.6) is 5.75 Å². The highest BCUT2D eigenvalue weighted by Gasteiger charge is 2.46.